The lowest BCUT2D eigenvalue weighted by Crippen LogP contribution is -2.58. The predicted molar refractivity (Wildman–Crippen MR) is 197 cm³/mol. The van der Waals surface area contributed by atoms with E-state index in [0.29, 0.717) is 44.6 Å². The van der Waals surface area contributed by atoms with Gasteiger partial charge >= 0.3 is 0 Å². The third-order valence-corrected chi connectivity index (χ3v) is 12.6. The van der Waals surface area contributed by atoms with Crippen molar-refractivity contribution in [3.8, 4) is 11.3 Å². The number of hydrogen-bond donors (Lipinski definition) is 2. The lowest BCUT2D eigenvalue weighted by atomic mass is 9.73. The minimum atomic E-state index is -0.581. The van der Waals surface area contributed by atoms with E-state index in [-0.39, 0.29) is 23.9 Å². The molecular weight excluding hydrogens is 626 g/mol. The van der Waals surface area contributed by atoms with Crippen molar-refractivity contribution in [3.63, 3.8) is 0 Å². The highest BCUT2D eigenvalue weighted by Crippen LogP contribution is 2.52. The van der Waals surface area contributed by atoms with Gasteiger partial charge in [0.1, 0.15) is 5.52 Å². The first-order chi connectivity index (χ1) is 24.4. The Balaban J connectivity index is 1.03. The summed E-state index contributed by atoms with van der Waals surface area (Å²) in [5, 5.41) is 7.07. The molecule has 5 fully saturated rings. The number of hydrogen-bond acceptors (Lipinski definition) is 8. The van der Waals surface area contributed by atoms with Gasteiger partial charge in [-0.3, -0.25) is 14.5 Å². The molecular formula is C39H53N9O2. The van der Waals surface area contributed by atoms with E-state index in [0.717, 1.165) is 78.4 Å². The summed E-state index contributed by atoms with van der Waals surface area (Å²) in [6, 6.07) is 10.3. The molecule has 50 heavy (non-hydrogen) atoms. The average Bonchev–Trinajstić information content (AvgIpc) is 3.78. The van der Waals surface area contributed by atoms with E-state index in [4.69, 9.17) is 9.97 Å². The van der Waals surface area contributed by atoms with Crippen LogP contribution in [0.1, 0.15) is 83.2 Å². The number of carbonyl (C=O) groups excluding carboxylic acids is 2. The highest BCUT2D eigenvalue weighted by molar-refractivity contribution is 6.09. The second-order valence-electron chi connectivity index (χ2n) is 16.2. The number of carbonyl (C=O) groups is 2. The molecule has 2 N–H and O–H groups in total. The van der Waals surface area contributed by atoms with E-state index in [9.17, 15) is 9.59 Å². The molecule has 0 bridgehead atoms. The lowest BCUT2D eigenvalue weighted by Gasteiger charge is -2.48. The molecule has 6 aliphatic rings. The van der Waals surface area contributed by atoms with Crippen molar-refractivity contribution in [2.75, 3.05) is 69.1 Å². The average molecular weight is 680 g/mol. The Kier molecular flexibility index (Phi) is 8.35. The third kappa shape index (κ3) is 5.69. The van der Waals surface area contributed by atoms with Crippen LogP contribution < -0.4 is 15.5 Å². The van der Waals surface area contributed by atoms with Crippen molar-refractivity contribution < 1.29 is 9.59 Å². The van der Waals surface area contributed by atoms with Crippen molar-refractivity contribution in [1.29, 1.82) is 0 Å². The van der Waals surface area contributed by atoms with Gasteiger partial charge in [0.05, 0.1) is 29.5 Å². The van der Waals surface area contributed by atoms with Crippen LogP contribution in [0.3, 0.4) is 0 Å². The summed E-state index contributed by atoms with van der Waals surface area (Å²) in [4.78, 5) is 47.4. The molecule has 11 nitrogen and oxygen atoms in total. The minimum Gasteiger partial charge on any atom is -0.366 e. The van der Waals surface area contributed by atoms with Crippen LogP contribution in [0.5, 0.6) is 0 Å². The zero-order valence-corrected chi connectivity index (χ0v) is 29.9. The molecule has 0 atom stereocenters. The molecule has 3 saturated heterocycles. The number of amides is 2. The van der Waals surface area contributed by atoms with Gasteiger partial charge in [0.15, 0.2) is 5.82 Å². The van der Waals surface area contributed by atoms with Crippen LogP contribution in [0.4, 0.5) is 11.5 Å². The Morgan fingerprint density at radius 3 is 2.46 bits per heavy atom. The van der Waals surface area contributed by atoms with Crippen molar-refractivity contribution in [2.24, 2.45) is 0 Å². The number of benzene rings is 1. The number of pyridine rings is 1. The molecule has 6 heterocycles. The predicted octanol–water partition coefficient (Wildman–Crippen LogP) is 4.38. The molecule has 1 spiro atoms. The summed E-state index contributed by atoms with van der Waals surface area (Å²) >= 11 is 0. The van der Waals surface area contributed by atoms with E-state index >= 15 is 0 Å². The van der Waals surface area contributed by atoms with E-state index < -0.39 is 5.41 Å². The first-order valence-corrected chi connectivity index (χ1v) is 19.5. The molecule has 4 aliphatic heterocycles. The summed E-state index contributed by atoms with van der Waals surface area (Å²) in [7, 11) is 0. The minimum absolute atomic E-state index is 0.194. The van der Waals surface area contributed by atoms with E-state index in [1.807, 2.05) is 11.2 Å². The fourth-order valence-corrected chi connectivity index (χ4v) is 9.37. The fourth-order valence-electron chi connectivity index (χ4n) is 9.37. The Morgan fingerprint density at radius 2 is 1.74 bits per heavy atom. The summed E-state index contributed by atoms with van der Waals surface area (Å²) in [5.74, 6) is 1.34. The molecule has 0 unspecified atom stereocenters. The van der Waals surface area contributed by atoms with Gasteiger partial charge in [-0.1, -0.05) is 18.6 Å². The maximum absolute atomic E-state index is 14.9. The van der Waals surface area contributed by atoms with Gasteiger partial charge in [-0.25, -0.2) is 9.97 Å². The maximum Gasteiger partial charge on any atom is 0.238 e. The van der Waals surface area contributed by atoms with Gasteiger partial charge in [-0.05, 0) is 96.0 Å². The van der Waals surface area contributed by atoms with Crippen LogP contribution in [0.15, 0.2) is 30.6 Å². The topological polar surface area (TPSA) is 102 Å². The van der Waals surface area contributed by atoms with Crippen molar-refractivity contribution in [3.05, 3.63) is 36.2 Å². The number of anilines is 2. The zero-order chi connectivity index (χ0) is 34.0. The molecule has 3 aromatic rings. The van der Waals surface area contributed by atoms with Gasteiger partial charge in [-0.2, -0.15) is 0 Å². The first kappa shape index (κ1) is 32.4. The number of piperidine rings is 2. The highest BCUT2D eigenvalue weighted by atomic mass is 16.2. The fraction of sp³-hybridized carbons (Fsp3) is 0.641. The Labute approximate surface area is 295 Å². The Hall–Kier alpha value is -3.54. The summed E-state index contributed by atoms with van der Waals surface area (Å²) in [6.45, 7) is 12.1. The Bertz CT molecular complexity index is 1760. The number of piperazine rings is 1. The molecule has 2 aliphatic carbocycles. The molecule has 9 rings (SSSR count). The second kappa shape index (κ2) is 12.9. The second-order valence-corrected chi connectivity index (χ2v) is 16.2. The van der Waals surface area contributed by atoms with Crippen LogP contribution in [0.2, 0.25) is 0 Å². The number of fused-ring (bicyclic) bond motifs is 3. The van der Waals surface area contributed by atoms with Crippen LogP contribution in [0.25, 0.3) is 22.3 Å². The van der Waals surface area contributed by atoms with Gasteiger partial charge in [-0.15, -0.1) is 0 Å². The Morgan fingerprint density at radius 1 is 0.980 bits per heavy atom. The number of rotatable bonds is 8. The van der Waals surface area contributed by atoms with Gasteiger partial charge < -0.3 is 29.9 Å². The number of aromatic nitrogens is 3. The molecule has 2 aromatic heterocycles. The van der Waals surface area contributed by atoms with Crippen LogP contribution >= 0.6 is 0 Å². The molecule has 266 valence electrons. The van der Waals surface area contributed by atoms with E-state index in [2.05, 4.69) is 68.0 Å². The summed E-state index contributed by atoms with van der Waals surface area (Å²) in [6.07, 6.45) is 11.6. The van der Waals surface area contributed by atoms with Crippen molar-refractivity contribution >= 4 is 34.4 Å². The summed E-state index contributed by atoms with van der Waals surface area (Å²) < 4.78 is 2.21. The third-order valence-electron chi connectivity index (χ3n) is 12.6. The van der Waals surface area contributed by atoms with Crippen LogP contribution in [-0.4, -0.2) is 118 Å². The quantitative estimate of drug-likeness (QED) is 0.362. The molecule has 2 saturated carbocycles. The number of imidazole rings is 1. The molecule has 1 aromatic carbocycles. The smallest absolute Gasteiger partial charge is 0.238 e. The first-order valence-electron chi connectivity index (χ1n) is 19.5. The number of nitrogens with zero attached hydrogens (tertiary/aromatic N) is 7. The largest absolute Gasteiger partial charge is 0.366 e. The number of likely N-dealkylation sites (tertiary alicyclic amines) is 2. The van der Waals surface area contributed by atoms with Gasteiger partial charge in [0, 0.05) is 74.7 Å². The van der Waals surface area contributed by atoms with Crippen molar-refractivity contribution in [1.82, 2.24) is 34.6 Å². The normalized spacial score (nSPS) is 25.8. The van der Waals surface area contributed by atoms with Crippen molar-refractivity contribution in [2.45, 2.75) is 101 Å². The molecule has 2 amide bonds. The SMILES string of the molecule is CC(C)n1cnc2cc(-c3ccc4c(c3)N(C3CC(N5CCCCC5)C3)C(=O)C43CCN(C(=O)CN4CCNCC4)CC3)nc(NC3CC3)c21. The highest BCUT2D eigenvalue weighted by Gasteiger charge is 2.56. The monoisotopic (exact) mass is 679 g/mol. The standard InChI is InChI=1S/C39H53N9O2/c1-26(2)47-25-41-33-23-32(43-37(36(33)47)42-28-7-8-28)27-6-9-31-34(20-27)48(30-21-29(22-30)45-14-4-3-5-15-45)38(50)39(31)10-16-46(17-11-39)35(49)24-44-18-12-40-13-19-44/h6,9,20,23,25-26,28-30,40H,3-5,7-8,10-19,21-22,24H2,1-2H3,(H,42,43). The van der Waals surface area contributed by atoms with Crippen LogP contribution in [-0.2, 0) is 15.0 Å². The molecule has 0 radical (unpaired) electrons. The zero-order valence-electron chi connectivity index (χ0n) is 29.9. The number of nitrogens with one attached hydrogen (secondary N) is 2. The van der Waals surface area contributed by atoms with E-state index in [1.54, 1.807) is 0 Å². The van der Waals surface area contributed by atoms with Gasteiger partial charge in [0.2, 0.25) is 11.8 Å². The lowest BCUT2D eigenvalue weighted by molar-refractivity contribution is -0.137. The summed E-state index contributed by atoms with van der Waals surface area (Å²) in [5.41, 5.74) is 5.53. The maximum atomic E-state index is 14.9. The van der Waals surface area contributed by atoms with Crippen LogP contribution in [0, 0.1) is 0 Å². The molecule has 11 heteroatoms. The van der Waals surface area contributed by atoms with Gasteiger partial charge in [0.25, 0.3) is 0 Å². The van der Waals surface area contributed by atoms with E-state index in [1.165, 1.54) is 45.2 Å².